The fourth-order valence-corrected chi connectivity index (χ4v) is 6.17. The van der Waals surface area contributed by atoms with Crippen molar-refractivity contribution in [1.29, 1.82) is 0 Å². The minimum absolute atomic E-state index is 0.0601. The Morgan fingerprint density at radius 3 is 2.77 bits per heavy atom. The van der Waals surface area contributed by atoms with Crippen molar-refractivity contribution in [2.24, 2.45) is 0 Å². The second-order valence-corrected chi connectivity index (χ2v) is 10.1. The van der Waals surface area contributed by atoms with Crippen molar-refractivity contribution < 1.29 is 14.3 Å². The number of para-hydroxylation sites is 1. The lowest BCUT2D eigenvalue weighted by Crippen LogP contribution is -2.37. The Balaban J connectivity index is 1.37. The lowest BCUT2D eigenvalue weighted by Gasteiger charge is -2.30. The van der Waals surface area contributed by atoms with Crippen molar-refractivity contribution in [3.05, 3.63) is 59.3 Å². The monoisotopic (exact) mass is 486 g/mol. The summed E-state index contributed by atoms with van der Waals surface area (Å²) >= 11 is 1.41. The minimum Gasteiger partial charge on any atom is -0.494 e. The number of hydrogen-bond acceptors (Lipinski definition) is 6. The number of pyridine rings is 1. The van der Waals surface area contributed by atoms with E-state index in [1.54, 1.807) is 0 Å². The predicted octanol–water partition coefficient (Wildman–Crippen LogP) is 5.78. The summed E-state index contributed by atoms with van der Waals surface area (Å²) in [6.45, 7) is 2.96. The van der Waals surface area contributed by atoms with Crippen molar-refractivity contribution >= 4 is 49.4 Å². The van der Waals surface area contributed by atoms with Gasteiger partial charge >= 0.3 is 0 Å². The number of ether oxygens (including phenoxy) is 1. The van der Waals surface area contributed by atoms with E-state index in [1.807, 2.05) is 54.3 Å². The van der Waals surface area contributed by atoms with Crippen LogP contribution in [0.3, 0.4) is 0 Å². The van der Waals surface area contributed by atoms with Crippen molar-refractivity contribution in [2.75, 3.05) is 11.9 Å². The highest BCUT2D eigenvalue weighted by Gasteiger charge is 2.38. The molecule has 1 saturated carbocycles. The molecule has 0 saturated heterocycles. The van der Waals surface area contributed by atoms with E-state index in [2.05, 4.69) is 10.3 Å². The van der Waals surface area contributed by atoms with Gasteiger partial charge in [-0.15, -0.1) is 0 Å². The maximum Gasteiger partial charge on any atom is 0.273 e. The topological polar surface area (TPSA) is 84.4 Å². The van der Waals surface area contributed by atoms with E-state index in [1.165, 1.54) is 17.8 Å². The van der Waals surface area contributed by atoms with Gasteiger partial charge in [0.25, 0.3) is 11.8 Å². The lowest BCUT2D eigenvalue weighted by atomic mass is 9.94. The summed E-state index contributed by atoms with van der Waals surface area (Å²) in [5.41, 5.74) is 3.10. The highest BCUT2D eigenvalue weighted by molar-refractivity contribution is 7.22. The molecule has 0 unspecified atom stereocenters. The Kier molecular flexibility index (Phi) is 5.60. The van der Waals surface area contributed by atoms with Crippen molar-refractivity contribution in [3.63, 3.8) is 0 Å². The molecule has 2 aromatic heterocycles. The number of rotatable bonds is 5. The van der Waals surface area contributed by atoms with Crippen LogP contribution in [0.5, 0.6) is 5.75 Å². The highest BCUT2D eigenvalue weighted by atomic mass is 32.1. The molecule has 7 nitrogen and oxygen atoms in total. The van der Waals surface area contributed by atoms with Gasteiger partial charge in [-0.1, -0.05) is 48.8 Å². The standard InChI is InChI=1S/C27H26N4O3S/c1-2-34-17-12-13-21-22(14-17)35-27(29-21)30-25(32)23-18-10-6-7-11-20(18)28-24-19(23)15-31(26(24)33)16-8-4-3-5-9-16/h6-7,10-14,16H,2-5,8-9,15H2,1H3,(H,29,30,32). The Bertz CT molecular complexity index is 1460. The molecule has 0 atom stereocenters. The van der Waals surface area contributed by atoms with Gasteiger partial charge in [-0.25, -0.2) is 9.97 Å². The normalized spacial score (nSPS) is 16.1. The van der Waals surface area contributed by atoms with Crippen LogP contribution in [0.15, 0.2) is 42.5 Å². The number of fused-ring (bicyclic) bond motifs is 3. The van der Waals surface area contributed by atoms with Gasteiger partial charge in [0.15, 0.2) is 5.13 Å². The van der Waals surface area contributed by atoms with Gasteiger partial charge in [0, 0.05) is 23.5 Å². The molecule has 8 heteroatoms. The maximum atomic E-state index is 13.7. The number of aromatic nitrogens is 2. The van der Waals surface area contributed by atoms with Gasteiger partial charge in [-0.05, 0) is 44.0 Å². The third-order valence-corrected chi connectivity index (χ3v) is 7.85. The first kappa shape index (κ1) is 22.0. The van der Waals surface area contributed by atoms with Gasteiger partial charge in [-0.3, -0.25) is 14.9 Å². The molecule has 3 heterocycles. The molecule has 6 rings (SSSR count). The second kappa shape index (κ2) is 8.92. The Hall–Kier alpha value is -3.52. The van der Waals surface area contributed by atoms with Crippen LogP contribution in [-0.2, 0) is 6.54 Å². The molecule has 178 valence electrons. The predicted molar refractivity (Wildman–Crippen MR) is 137 cm³/mol. The van der Waals surface area contributed by atoms with Crippen molar-refractivity contribution in [2.45, 2.75) is 51.6 Å². The van der Waals surface area contributed by atoms with E-state index in [-0.39, 0.29) is 17.9 Å². The van der Waals surface area contributed by atoms with Gasteiger partial charge in [-0.2, -0.15) is 0 Å². The molecule has 35 heavy (non-hydrogen) atoms. The number of carbonyl (C=O) groups excluding carboxylic acids is 2. The molecule has 4 aromatic rings. The molecule has 1 fully saturated rings. The summed E-state index contributed by atoms with van der Waals surface area (Å²) in [5, 5.41) is 4.27. The molecule has 0 radical (unpaired) electrons. The third-order valence-electron chi connectivity index (χ3n) is 6.92. The number of amides is 2. The molecule has 2 amide bonds. The molecular weight excluding hydrogens is 460 g/mol. The smallest absolute Gasteiger partial charge is 0.273 e. The zero-order valence-corrected chi connectivity index (χ0v) is 20.4. The van der Waals surface area contributed by atoms with Crippen molar-refractivity contribution in [1.82, 2.24) is 14.9 Å². The number of nitrogens with one attached hydrogen (secondary N) is 1. The van der Waals surface area contributed by atoms with E-state index in [0.29, 0.717) is 35.1 Å². The number of benzene rings is 2. The van der Waals surface area contributed by atoms with Crippen LogP contribution < -0.4 is 10.1 Å². The Morgan fingerprint density at radius 1 is 1.11 bits per heavy atom. The van der Waals surface area contributed by atoms with Crippen LogP contribution in [0.2, 0.25) is 0 Å². The largest absolute Gasteiger partial charge is 0.494 e. The lowest BCUT2D eigenvalue weighted by molar-refractivity contribution is 0.0655. The maximum absolute atomic E-state index is 13.7. The molecule has 1 N–H and O–H groups in total. The number of anilines is 1. The first-order valence-electron chi connectivity index (χ1n) is 12.2. The quantitative estimate of drug-likeness (QED) is 0.386. The summed E-state index contributed by atoms with van der Waals surface area (Å²) in [4.78, 5) is 38.3. The number of hydrogen-bond donors (Lipinski definition) is 1. The van der Waals surface area contributed by atoms with E-state index >= 15 is 0 Å². The molecule has 1 aliphatic carbocycles. The Morgan fingerprint density at radius 2 is 1.94 bits per heavy atom. The first-order chi connectivity index (χ1) is 17.1. The molecular formula is C27H26N4O3S. The molecule has 0 spiro atoms. The average Bonchev–Trinajstić information content (AvgIpc) is 3.43. The van der Waals surface area contributed by atoms with Crippen LogP contribution >= 0.6 is 11.3 Å². The summed E-state index contributed by atoms with van der Waals surface area (Å²) < 4.78 is 6.53. The van der Waals surface area contributed by atoms with Gasteiger partial charge in [0.1, 0.15) is 11.4 Å². The van der Waals surface area contributed by atoms with Gasteiger partial charge < -0.3 is 9.64 Å². The second-order valence-electron chi connectivity index (χ2n) is 9.09. The van der Waals surface area contributed by atoms with Crippen molar-refractivity contribution in [3.8, 4) is 5.75 Å². The summed E-state index contributed by atoms with van der Waals surface area (Å²) in [6, 6.07) is 13.5. The molecule has 1 aliphatic heterocycles. The zero-order valence-electron chi connectivity index (χ0n) is 19.5. The molecule has 2 aromatic carbocycles. The first-order valence-corrected chi connectivity index (χ1v) is 13.0. The fourth-order valence-electron chi connectivity index (χ4n) is 5.28. The van der Waals surface area contributed by atoms with E-state index in [0.717, 1.165) is 52.6 Å². The van der Waals surface area contributed by atoms with Crippen LogP contribution in [0.1, 0.15) is 65.4 Å². The number of nitrogens with zero attached hydrogens (tertiary/aromatic N) is 3. The average molecular weight is 487 g/mol. The van der Waals surface area contributed by atoms with E-state index in [4.69, 9.17) is 9.72 Å². The minimum atomic E-state index is -0.262. The Labute approximate surface area is 207 Å². The van der Waals surface area contributed by atoms with Crippen LogP contribution in [0.25, 0.3) is 21.1 Å². The number of thiazole rings is 1. The summed E-state index contributed by atoms with van der Waals surface area (Å²) in [5.74, 6) is 0.457. The molecule has 2 aliphatic rings. The van der Waals surface area contributed by atoms with E-state index < -0.39 is 0 Å². The highest BCUT2D eigenvalue weighted by Crippen LogP contribution is 2.36. The van der Waals surface area contributed by atoms with Crippen LogP contribution in [0.4, 0.5) is 5.13 Å². The fraction of sp³-hybridized carbons (Fsp3) is 0.333. The third kappa shape index (κ3) is 3.91. The van der Waals surface area contributed by atoms with Gasteiger partial charge in [0.05, 0.1) is 27.9 Å². The van der Waals surface area contributed by atoms with E-state index in [9.17, 15) is 9.59 Å². The summed E-state index contributed by atoms with van der Waals surface area (Å²) in [7, 11) is 0. The molecule has 0 bridgehead atoms. The SMILES string of the molecule is CCOc1ccc2nc(NC(=O)c3c4c(nc5ccccc35)C(=O)N(C3CCCCC3)C4)sc2c1. The van der Waals surface area contributed by atoms with Crippen LogP contribution in [-0.4, -0.2) is 39.3 Å². The van der Waals surface area contributed by atoms with Crippen LogP contribution in [0, 0.1) is 0 Å². The van der Waals surface area contributed by atoms with Gasteiger partial charge in [0.2, 0.25) is 0 Å². The zero-order chi connectivity index (χ0) is 23.9. The summed E-state index contributed by atoms with van der Waals surface area (Å²) in [6.07, 6.45) is 5.51. The number of carbonyl (C=O) groups is 2.